The van der Waals surface area contributed by atoms with Crippen LogP contribution in [-0.2, 0) is 4.79 Å². The molecule has 2 aromatic rings. The van der Waals surface area contributed by atoms with E-state index in [-0.39, 0.29) is 24.3 Å². The monoisotopic (exact) mass is 429 g/mol. The van der Waals surface area contributed by atoms with Gasteiger partial charge in [-0.15, -0.1) is 0 Å². The van der Waals surface area contributed by atoms with E-state index < -0.39 is 5.97 Å². The number of carboxylic acid groups (broad SMARTS) is 1. The number of aliphatic carboxylic acids is 1. The molecule has 32 heavy (non-hydrogen) atoms. The van der Waals surface area contributed by atoms with Crippen molar-refractivity contribution in [2.24, 2.45) is 0 Å². The van der Waals surface area contributed by atoms with Crippen molar-refractivity contribution in [1.82, 2.24) is 9.80 Å². The van der Waals surface area contributed by atoms with E-state index in [1.54, 1.807) is 24.3 Å². The van der Waals surface area contributed by atoms with Gasteiger partial charge in [-0.25, -0.2) is 0 Å². The quantitative estimate of drug-likeness (QED) is 0.537. The summed E-state index contributed by atoms with van der Waals surface area (Å²) < 4.78 is 0. The highest BCUT2D eigenvalue weighted by Gasteiger charge is 2.36. The van der Waals surface area contributed by atoms with Crippen molar-refractivity contribution < 1.29 is 19.5 Å². The van der Waals surface area contributed by atoms with Gasteiger partial charge in [-0.3, -0.25) is 19.3 Å². The highest BCUT2D eigenvalue weighted by molar-refractivity contribution is 6.21. The van der Waals surface area contributed by atoms with Gasteiger partial charge in [0.1, 0.15) is 6.54 Å². The third kappa shape index (κ3) is 3.36. The Bertz CT molecular complexity index is 1130. The Hall–Kier alpha value is -3.87. The Morgan fingerprint density at radius 2 is 1.53 bits per heavy atom. The van der Waals surface area contributed by atoms with E-state index in [4.69, 9.17) is 0 Å². The lowest BCUT2D eigenvalue weighted by Crippen LogP contribution is -2.31. The third-order valence-corrected chi connectivity index (χ3v) is 6.18. The molecule has 0 aromatic heterocycles. The molecule has 0 spiro atoms. The zero-order chi connectivity index (χ0) is 22.2. The molecule has 3 aliphatic rings. The summed E-state index contributed by atoms with van der Waals surface area (Å²) in [6.45, 7) is 1.02. The van der Waals surface area contributed by atoms with E-state index in [0.717, 1.165) is 23.4 Å². The van der Waals surface area contributed by atoms with Crippen molar-refractivity contribution in [1.29, 1.82) is 0 Å². The van der Waals surface area contributed by atoms with Crippen molar-refractivity contribution in [2.75, 3.05) is 24.5 Å². The Labute approximate surface area is 185 Å². The summed E-state index contributed by atoms with van der Waals surface area (Å²) in [5.74, 6) is -1.26. The average molecular weight is 429 g/mol. The number of carbonyl (C=O) groups excluding carboxylic acids is 2. The van der Waals surface area contributed by atoms with Crippen LogP contribution in [0, 0.1) is 0 Å². The van der Waals surface area contributed by atoms with Crippen LogP contribution >= 0.6 is 0 Å². The maximum absolute atomic E-state index is 12.5. The standard InChI is InChI=1S/C25H23N3O4/c29-23(30)16-28-21-10-4-3-7-17(21)18-11-14-26(15-22(18)28)12-5-6-13-27-24(31)19-8-1-2-9-20(19)25(27)32/h1-4,7-11,14-15,18H,5-6,12-13,16H2,(H,29,30). The predicted molar refractivity (Wildman–Crippen MR) is 119 cm³/mol. The number of anilines is 1. The first-order valence-corrected chi connectivity index (χ1v) is 10.7. The first-order valence-electron chi connectivity index (χ1n) is 10.7. The van der Waals surface area contributed by atoms with E-state index in [1.807, 2.05) is 41.6 Å². The number of carbonyl (C=O) groups is 3. The fourth-order valence-electron chi connectivity index (χ4n) is 4.68. The lowest BCUT2D eigenvalue weighted by atomic mass is 9.97. The second kappa shape index (κ2) is 8.00. The molecule has 162 valence electrons. The molecule has 5 rings (SSSR count). The molecule has 0 bridgehead atoms. The minimum atomic E-state index is -0.872. The normalized spacial score (nSPS) is 18.6. The molecular formula is C25H23N3O4. The van der Waals surface area contributed by atoms with Crippen LogP contribution < -0.4 is 4.90 Å². The lowest BCUT2D eigenvalue weighted by molar-refractivity contribution is -0.135. The maximum Gasteiger partial charge on any atom is 0.323 e. The van der Waals surface area contributed by atoms with E-state index >= 15 is 0 Å². The van der Waals surface area contributed by atoms with Crippen LogP contribution in [0.3, 0.4) is 0 Å². The number of hydrogen-bond donors (Lipinski definition) is 1. The van der Waals surface area contributed by atoms with Gasteiger partial charge in [-0.2, -0.15) is 0 Å². The first-order chi connectivity index (χ1) is 15.5. The van der Waals surface area contributed by atoms with Crippen LogP contribution in [0.4, 0.5) is 5.69 Å². The number of hydrogen-bond acceptors (Lipinski definition) is 5. The van der Waals surface area contributed by atoms with Crippen LogP contribution in [0.2, 0.25) is 0 Å². The molecule has 0 fully saturated rings. The molecule has 2 aromatic carbocycles. The van der Waals surface area contributed by atoms with Crippen LogP contribution in [0.5, 0.6) is 0 Å². The van der Waals surface area contributed by atoms with Gasteiger partial charge >= 0.3 is 5.97 Å². The van der Waals surface area contributed by atoms with Crippen LogP contribution in [0.25, 0.3) is 0 Å². The molecule has 7 nitrogen and oxygen atoms in total. The average Bonchev–Trinajstić information content (AvgIpc) is 3.23. The number of imide groups is 1. The summed E-state index contributed by atoms with van der Waals surface area (Å²) in [6.07, 6.45) is 7.62. The Morgan fingerprint density at radius 3 is 2.25 bits per heavy atom. The zero-order valence-corrected chi connectivity index (χ0v) is 17.5. The largest absolute Gasteiger partial charge is 0.480 e. The number of carboxylic acids is 1. The second-order valence-electron chi connectivity index (χ2n) is 8.16. The smallest absolute Gasteiger partial charge is 0.323 e. The molecule has 0 saturated carbocycles. The number of unbranched alkanes of at least 4 members (excludes halogenated alkanes) is 1. The minimum absolute atomic E-state index is 0.0557. The molecule has 2 amide bonds. The number of para-hydroxylation sites is 1. The number of allylic oxidation sites excluding steroid dienone is 1. The number of rotatable bonds is 7. The van der Waals surface area contributed by atoms with Crippen molar-refractivity contribution >= 4 is 23.5 Å². The molecule has 0 saturated heterocycles. The van der Waals surface area contributed by atoms with E-state index in [2.05, 4.69) is 11.0 Å². The Morgan fingerprint density at radius 1 is 0.875 bits per heavy atom. The topological polar surface area (TPSA) is 81.2 Å². The second-order valence-corrected chi connectivity index (χ2v) is 8.16. The van der Waals surface area contributed by atoms with Crippen molar-refractivity contribution in [2.45, 2.75) is 18.8 Å². The van der Waals surface area contributed by atoms with Crippen molar-refractivity contribution in [3.05, 3.63) is 89.4 Å². The number of fused-ring (bicyclic) bond motifs is 4. The highest BCUT2D eigenvalue weighted by Crippen LogP contribution is 2.45. The third-order valence-electron chi connectivity index (χ3n) is 6.18. The number of amides is 2. The van der Waals surface area contributed by atoms with Gasteiger partial charge < -0.3 is 14.9 Å². The molecule has 7 heteroatoms. The summed E-state index contributed by atoms with van der Waals surface area (Å²) >= 11 is 0. The molecule has 0 aliphatic carbocycles. The van der Waals surface area contributed by atoms with Gasteiger partial charge in [0.25, 0.3) is 11.8 Å². The minimum Gasteiger partial charge on any atom is -0.480 e. The molecule has 3 heterocycles. The number of benzene rings is 2. The lowest BCUT2D eigenvalue weighted by Gasteiger charge is -2.27. The molecule has 1 atom stereocenters. The van der Waals surface area contributed by atoms with E-state index in [1.165, 1.54) is 4.90 Å². The van der Waals surface area contributed by atoms with Gasteiger partial charge in [0.2, 0.25) is 0 Å². The van der Waals surface area contributed by atoms with Gasteiger partial charge in [-0.1, -0.05) is 36.4 Å². The summed E-state index contributed by atoms with van der Waals surface area (Å²) in [5, 5.41) is 9.38. The maximum atomic E-state index is 12.5. The molecule has 3 aliphatic heterocycles. The van der Waals surface area contributed by atoms with Crippen LogP contribution in [0.1, 0.15) is 45.0 Å². The number of nitrogens with zero attached hydrogens (tertiary/aromatic N) is 3. The Kier molecular flexibility index (Phi) is 5.01. The highest BCUT2D eigenvalue weighted by atomic mass is 16.4. The summed E-state index contributed by atoms with van der Waals surface area (Å²) in [5.41, 5.74) is 3.96. The van der Waals surface area contributed by atoms with Gasteiger partial charge in [0.15, 0.2) is 0 Å². The molecular weight excluding hydrogens is 406 g/mol. The van der Waals surface area contributed by atoms with Crippen molar-refractivity contribution in [3.63, 3.8) is 0 Å². The first kappa shape index (κ1) is 20.1. The zero-order valence-electron chi connectivity index (χ0n) is 17.5. The molecule has 0 radical (unpaired) electrons. The molecule has 1 unspecified atom stereocenters. The Balaban J connectivity index is 1.21. The summed E-state index contributed by atoms with van der Waals surface area (Å²) in [7, 11) is 0. The summed E-state index contributed by atoms with van der Waals surface area (Å²) in [4.78, 5) is 41.6. The van der Waals surface area contributed by atoms with E-state index in [0.29, 0.717) is 30.6 Å². The van der Waals surface area contributed by atoms with Gasteiger partial charge in [0.05, 0.1) is 11.1 Å². The summed E-state index contributed by atoms with van der Waals surface area (Å²) in [6, 6.07) is 14.8. The predicted octanol–water partition coefficient (Wildman–Crippen LogP) is 3.42. The van der Waals surface area contributed by atoms with Crippen LogP contribution in [-0.4, -0.2) is 52.3 Å². The van der Waals surface area contributed by atoms with Crippen molar-refractivity contribution in [3.8, 4) is 0 Å². The van der Waals surface area contributed by atoms with E-state index in [9.17, 15) is 19.5 Å². The van der Waals surface area contributed by atoms with Gasteiger partial charge in [-0.05, 0) is 36.6 Å². The SMILES string of the molecule is O=C(O)CN1C2=CN(CCCCN3C(=O)c4ccccc4C3=O)C=CC2c2ccccc21. The molecule has 1 N–H and O–H groups in total. The van der Waals surface area contributed by atoms with Gasteiger partial charge in [0, 0.05) is 42.8 Å². The van der Waals surface area contributed by atoms with Crippen LogP contribution in [0.15, 0.2) is 72.7 Å². The fraction of sp³-hybridized carbons (Fsp3) is 0.240. The fourth-order valence-corrected chi connectivity index (χ4v) is 4.68.